The van der Waals surface area contributed by atoms with Gasteiger partial charge in [0, 0.05) is 18.2 Å². The maximum atomic E-state index is 10.7. The van der Waals surface area contributed by atoms with Crippen LogP contribution in [0.15, 0.2) is 18.2 Å². The summed E-state index contributed by atoms with van der Waals surface area (Å²) in [7, 11) is 0. The zero-order valence-corrected chi connectivity index (χ0v) is 10.2. The molecule has 4 nitrogen and oxygen atoms in total. The monoisotopic (exact) mass is 254 g/mol. The quantitative estimate of drug-likeness (QED) is 0.655. The van der Waals surface area contributed by atoms with Gasteiger partial charge >= 0.3 is 0 Å². The Labute approximate surface area is 105 Å². The highest BCUT2D eigenvalue weighted by Crippen LogP contribution is 2.29. The minimum atomic E-state index is -0.400. The fourth-order valence-electron chi connectivity index (χ4n) is 2.20. The van der Waals surface area contributed by atoms with Crippen LogP contribution in [0.5, 0.6) is 0 Å². The Bertz CT molecular complexity index is 417. The van der Waals surface area contributed by atoms with Gasteiger partial charge in [0.05, 0.1) is 15.6 Å². The Hall–Kier alpha value is -1.29. The van der Waals surface area contributed by atoms with Crippen LogP contribution < -0.4 is 5.32 Å². The maximum absolute atomic E-state index is 10.7. The second-order valence-corrected chi connectivity index (χ2v) is 4.81. The van der Waals surface area contributed by atoms with Gasteiger partial charge in [0.2, 0.25) is 0 Å². The number of rotatable bonds is 3. The van der Waals surface area contributed by atoms with E-state index in [4.69, 9.17) is 11.6 Å². The summed E-state index contributed by atoms with van der Waals surface area (Å²) in [6.07, 6.45) is 5.92. The van der Waals surface area contributed by atoms with E-state index in [1.807, 2.05) is 0 Å². The number of non-ortho nitro benzene ring substituents is 1. The summed E-state index contributed by atoms with van der Waals surface area (Å²) < 4.78 is 0. The number of hydrogen-bond donors (Lipinski definition) is 1. The predicted octanol–water partition coefficient (Wildman–Crippen LogP) is 3.99. The Kier molecular flexibility index (Phi) is 3.84. The third-order valence-corrected chi connectivity index (χ3v) is 3.46. The summed E-state index contributed by atoms with van der Waals surface area (Å²) in [4.78, 5) is 10.3. The van der Waals surface area contributed by atoms with Gasteiger partial charge in [-0.1, -0.05) is 30.9 Å². The topological polar surface area (TPSA) is 55.2 Å². The lowest BCUT2D eigenvalue weighted by atomic mass is 9.95. The van der Waals surface area contributed by atoms with E-state index in [-0.39, 0.29) is 5.69 Å². The standard InChI is InChI=1S/C12H15ClN2O2/c13-11-7-6-10(15(16)17)8-12(11)14-9-4-2-1-3-5-9/h6-9,14H,1-5H2. The molecule has 17 heavy (non-hydrogen) atoms. The van der Waals surface area contributed by atoms with Gasteiger partial charge in [-0.3, -0.25) is 10.1 Å². The normalized spacial score (nSPS) is 16.8. The van der Waals surface area contributed by atoms with E-state index in [2.05, 4.69) is 5.32 Å². The molecule has 1 N–H and O–H groups in total. The van der Waals surface area contributed by atoms with E-state index in [1.54, 1.807) is 6.07 Å². The highest BCUT2D eigenvalue weighted by molar-refractivity contribution is 6.33. The molecule has 0 saturated heterocycles. The van der Waals surface area contributed by atoms with Crippen LogP contribution in [-0.4, -0.2) is 11.0 Å². The van der Waals surface area contributed by atoms with Crippen LogP contribution in [0.2, 0.25) is 5.02 Å². The van der Waals surface area contributed by atoms with Crippen molar-refractivity contribution in [3.05, 3.63) is 33.3 Å². The summed E-state index contributed by atoms with van der Waals surface area (Å²) in [6.45, 7) is 0. The minimum Gasteiger partial charge on any atom is -0.381 e. The van der Waals surface area contributed by atoms with E-state index in [1.165, 1.54) is 31.4 Å². The molecule has 1 aliphatic carbocycles. The Balaban J connectivity index is 2.13. The van der Waals surface area contributed by atoms with Crippen molar-refractivity contribution in [1.29, 1.82) is 0 Å². The minimum absolute atomic E-state index is 0.0766. The molecular weight excluding hydrogens is 240 g/mol. The van der Waals surface area contributed by atoms with Gasteiger partial charge in [0.25, 0.3) is 5.69 Å². The summed E-state index contributed by atoms with van der Waals surface area (Å²) in [6, 6.07) is 4.90. The smallest absolute Gasteiger partial charge is 0.271 e. The zero-order chi connectivity index (χ0) is 12.3. The van der Waals surface area contributed by atoms with Crippen LogP contribution >= 0.6 is 11.6 Å². The van der Waals surface area contributed by atoms with Crippen LogP contribution in [0.4, 0.5) is 11.4 Å². The number of halogens is 1. The van der Waals surface area contributed by atoms with E-state index in [9.17, 15) is 10.1 Å². The Morgan fingerprint density at radius 1 is 1.29 bits per heavy atom. The van der Waals surface area contributed by atoms with E-state index < -0.39 is 4.92 Å². The summed E-state index contributed by atoms with van der Waals surface area (Å²) >= 11 is 6.04. The molecular formula is C12H15ClN2O2. The molecule has 1 aromatic rings. The summed E-state index contributed by atoms with van der Waals surface area (Å²) in [5, 5.41) is 14.5. The first kappa shape index (κ1) is 12.2. The number of anilines is 1. The SMILES string of the molecule is O=[N+]([O-])c1ccc(Cl)c(NC2CCCCC2)c1. The molecule has 92 valence electrons. The number of hydrogen-bond acceptors (Lipinski definition) is 3. The van der Waals surface area contributed by atoms with Gasteiger partial charge in [-0.25, -0.2) is 0 Å². The maximum Gasteiger partial charge on any atom is 0.271 e. The van der Waals surface area contributed by atoms with Gasteiger partial charge in [-0.05, 0) is 18.9 Å². The van der Waals surface area contributed by atoms with Gasteiger partial charge in [-0.2, -0.15) is 0 Å². The van der Waals surface area contributed by atoms with Crippen molar-refractivity contribution in [2.75, 3.05) is 5.32 Å². The molecule has 5 heteroatoms. The van der Waals surface area contributed by atoms with Crippen LogP contribution in [0.25, 0.3) is 0 Å². The summed E-state index contributed by atoms with van der Waals surface area (Å²) in [5.41, 5.74) is 0.750. The van der Waals surface area contributed by atoms with E-state index in [0.29, 0.717) is 16.8 Å². The van der Waals surface area contributed by atoms with Gasteiger partial charge in [-0.15, -0.1) is 0 Å². The second kappa shape index (κ2) is 5.36. The first-order valence-electron chi connectivity index (χ1n) is 5.87. The van der Waals surface area contributed by atoms with Crippen LogP contribution in [-0.2, 0) is 0 Å². The van der Waals surface area contributed by atoms with Crippen molar-refractivity contribution in [2.45, 2.75) is 38.1 Å². The molecule has 1 aliphatic rings. The first-order valence-corrected chi connectivity index (χ1v) is 6.25. The largest absolute Gasteiger partial charge is 0.381 e. The second-order valence-electron chi connectivity index (χ2n) is 4.40. The molecule has 0 amide bonds. The lowest BCUT2D eigenvalue weighted by molar-refractivity contribution is -0.384. The molecule has 0 atom stereocenters. The van der Waals surface area contributed by atoms with Crippen molar-refractivity contribution < 1.29 is 4.92 Å². The highest BCUT2D eigenvalue weighted by atomic mass is 35.5. The zero-order valence-electron chi connectivity index (χ0n) is 9.49. The van der Waals surface area contributed by atoms with Gasteiger partial charge < -0.3 is 5.32 Å². The average Bonchev–Trinajstić information content (AvgIpc) is 2.33. The highest BCUT2D eigenvalue weighted by Gasteiger charge is 2.16. The lowest BCUT2D eigenvalue weighted by Gasteiger charge is -2.24. The van der Waals surface area contributed by atoms with Crippen molar-refractivity contribution in [2.24, 2.45) is 0 Å². The fourth-order valence-corrected chi connectivity index (χ4v) is 2.38. The van der Waals surface area contributed by atoms with Crippen molar-refractivity contribution in [3.8, 4) is 0 Å². The lowest BCUT2D eigenvalue weighted by Crippen LogP contribution is -2.22. The Morgan fingerprint density at radius 3 is 2.65 bits per heavy atom. The molecule has 0 aliphatic heterocycles. The summed E-state index contributed by atoms with van der Waals surface area (Å²) in [5.74, 6) is 0. The van der Waals surface area contributed by atoms with Crippen LogP contribution in [0, 0.1) is 10.1 Å². The molecule has 1 fully saturated rings. The Morgan fingerprint density at radius 2 is 2.00 bits per heavy atom. The first-order chi connectivity index (χ1) is 8.16. The third-order valence-electron chi connectivity index (χ3n) is 3.13. The van der Waals surface area contributed by atoms with Crippen LogP contribution in [0.1, 0.15) is 32.1 Å². The number of nitrogens with zero attached hydrogens (tertiary/aromatic N) is 1. The fraction of sp³-hybridized carbons (Fsp3) is 0.500. The van der Waals surface area contributed by atoms with Gasteiger partial charge in [0.1, 0.15) is 0 Å². The van der Waals surface area contributed by atoms with E-state index >= 15 is 0 Å². The van der Waals surface area contributed by atoms with Crippen molar-refractivity contribution in [3.63, 3.8) is 0 Å². The van der Waals surface area contributed by atoms with Crippen molar-refractivity contribution >= 4 is 23.0 Å². The van der Waals surface area contributed by atoms with E-state index in [0.717, 1.165) is 12.8 Å². The average molecular weight is 255 g/mol. The molecule has 0 heterocycles. The van der Waals surface area contributed by atoms with Gasteiger partial charge in [0.15, 0.2) is 0 Å². The molecule has 2 rings (SSSR count). The molecule has 0 bridgehead atoms. The van der Waals surface area contributed by atoms with Crippen LogP contribution in [0.3, 0.4) is 0 Å². The number of benzene rings is 1. The number of nitro groups is 1. The molecule has 1 aromatic carbocycles. The predicted molar refractivity (Wildman–Crippen MR) is 68.6 cm³/mol. The molecule has 1 saturated carbocycles. The number of nitrogens with one attached hydrogen (secondary N) is 1. The molecule has 0 unspecified atom stereocenters. The molecule has 0 radical (unpaired) electrons. The molecule has 0 spiro atoms. The van der Waals surface area contributed by atoms with Crippen molar-refractivity contribution in [1.82, 2.24) is 0 Å². The number of nitro benzene ring substituents is 1. The molecule has 0 aromatic heterocycles. The third kappa shape index (κ3) is 3.09.